The maximum absolute atomic E-state index is 12.5. The molecule has 1 aliphatic carbocycles. The molecule has 3 rings (SSSR count). The Labute approximate surface area is 170 Å². The van der Waals surface area contributed by atoms with Crippen molar-refractivity contribution in [1.29, 1.82) is 0 Å². The molecular formula is C18H21BrClN3O4. The summed E-state index contributed by atoms with van der Waals surface area (Å²) in [6, 6.07) is 4.80. The van der Waals surface area contributed by atoms with E-state index in [4.69, 9.17) is 16.3 Å². The van der Waals surface area contributed by atoms with Crippen LogP contribution in [0.5, 0.6) is 5.75 Å². The summed E-state index contributed by atoms with van der Waals surface area (Å²) in [4.78, 5) is 37.7. The molecule has 0 unspecified atom stereocenters. The fourth-order valence-corrected chi connectivity index (χ4v) is 4.18. The average Bonchev–Trinajstić information content (AvgIpc) is 3.18. The first-order valence-corrected chi connectivity index (χ1v) is 10.1. The summed E-state index contributed by atoms with van der Waals surface area (Å²) < 4.78 is 6.21. The Kier molecular flexibility index (Phi) is 6.26. The molecule has 2 fully saturated rings. The van der Waals surface area contributed by atoms with E-state index in [0.717, 1.165) is 17.3 Å². The fourth-order valence-electron chi connectivity index (χ4n) is 3.45. The predicted octanol–water partition coefficient (Wildman–Crippen LogP) is 2.85. The third kappa shape index (κ3) is 4.55. The lowest BCUT2D eigenvalue weighted by Crippen LogP contribution is -2.44. The van der Waals surface area contributed by atoms with Gasteiger partial charge in [0.25, 0.3) is 11.8 Å². The third-order valence-corrected chi connectivity index (χ3v) is 5.62. The number of benzene rings is 1. The van der Waals surface area contributed by atoms with Crippen LogP contribution in [0.25, 0.3) is 0 Å². The molecule has 4 amide bonds. The van der Waals surface area contributed by atoms with E-state index in [-0.39, 0.29) is 31.0 Å². The van der Waals surface area contributed by atoms with E-state index in [2.05, 4.69) is 26.6 Å². The van der Waals surface area contributed by atoms with Crippen molar-refractivity contribution >= 4 is 45.4 Å². The second-order valence-electron chi connectivity index (χ2n) is 6.74. The second kappa shape index (κ2) is 8.48. The first kappa shape index (κ1) is 19.9. The number of carbonyl (C=O) groups is 3. The molecule has 1 aromatic carbocycles. The van der Waals surface area contributed by atoms with Gasteiger partial charge in [0.05, 0.1) is 5.02 Å². The smallest absolute Gasteiger partial charge is 0.325 e. The summed E-state index contributed by atoms with van der Waals surface area (Å²) in [5.41, 5.74) is -0.682. The summed E-state index contributed by atoms with van der Waals surface area (Å²) in [6.45, 7) is 0.472. The summed E-state index contributed by atoms with van der Waals surface area (Å²) in [7, 11) is 0. The number of halogens is 2. The number of hydrogen-bond acceptors (Lipinski definition) is 4. The van der Waals surface area contributed by atoms with Gasteiger partial charge in [0.1, 0.15) is 11.3 Å². The normalized spacial score (nSPS) is 18.1. The van der Waals surface area contributed by atoms with Crippen molar-refractivity contribution in [3.63, 3.8) is 0 Å². The summed E-state index contributed by atoms with van der Waals surface area (Å²) >= 11 is 9.33. The average molecular weight is 459 g/mol. The SMILES string of the molecule is O=C(COc1ccc(Br)cc1Cl)NCCCN1C(=O)NC2(CCCC2)C1=O. The molecule has 0 aromatic heterocycles. The van der Waals surface area contributed by atoms with Crippen molar-refractivity contribution in [2.75, 3.05) is 19.7 Å². The molecule has 1 saturated heterocycles. The molecule has 0 atom stereocenters. The Morgan fingerprint density at radius 1 is 1.33 bits per heavy atom. The van der Waals surface area contributed by atoms with Gasteiger partial charge in [0.15, 0.2) is 6.61 Å². The molecule has 7 nitrogen and oxygen atoms in total. The van der Waals surface area contributed by atoms with Crippen LogP contribution in [0.15, 0.2) is 22.7 Å². The Morgan fingerprint density at radius 3 is 2.78 bits per heavy atom. The first-order chi connectivity index (χ1) is 12.9. The number of nitrogens with one attached hydrogen (secondary N) is 2. The van der Waals surface area contributed by atoms with Crippen LogP contribution < -0.4 is 15.4 Å². The van der Waals surface area contributed by atoms with E-state index in [1.807, 2.05) is 0 Å². The molecule has 1 aromatic rings. The lowest BCUT2D eigenvalue weighted by Gasteiger charge is -2.20. The number of nitrogens with zero attached hydrogens (tertiary/aromatic N) is 1. The van der Waals surface area contributed by atoms with Gasteiger partial charge in [-0.15, -0.1) is 0 Å². The van der Waals surface area contributed by atoms with Gasteiger partial charge in [0.2, 0.25) is 0 Å². The molecule has 1 aliphatic heterocycles. The van der Waals surface area contributed by atoms with Gasteiger partial charge in [-0.25, -0.2) is 4.79 Å². The quantitative estimate of drug-likeness (QED) is 0.486. The van der Waals surface area contributed by atoms with Crippen molar-refractivity contribution in [2.45, 2.75) is 37.6 Å². The van der Waals surface area contributed by atoms with Crippen LogP contribution in [0.3, 0.4) is 0 Å². The number of rotatable bonds is 7. The Hall–Kier alpha value is -1.80. The number of amides is 4. The number of imide groups is 1. The molecule has 9 heteroatoms. The number of hydrogen-bond donors (Lipinski definition) is 2. The summed E-state index contributed by atoms with van der Waals surface area (Å²) in [5, 5.41) is 5.97. The Bertz CT molecular complexity index is 752. The maximum Gasteiger partial charge on any atom is 0.325 e. The van der Waals surface area contributed by atoms with E-state index in [0.29, 0.717) is 36.6 Å². The number of urea groups is 1. The zero-order valence-corrected chi connectivity index (χ0v) is 17.1. The monoisotopic (exact) mass is 457 g/mol. The molecule has 146 valence electrons. The van der Waals surface area contributed by atoms with Crippen LogP contribution in [0.2, 0.25) is 5.02 Å². The van der Waals surface area contributed by atoms with Crippen LogP contribution in [0, 0.1) is 0 Å². The van der Waals surface area contributed by atoms with Crippen molar-refractivity contribution in [2.24, 2.45) is 0 Å². The summed E-state index contributed by atoms with van der Waals surface area (Å²) in [6.07, 6.45) is 3.82. The van der Waals surface area contributed by atoms with Gasteiger partial charge in [-0.1, -0.05) is 40.4 Å². The highest BCUT2D eigenvalue weighted by Gasteiger charge is 2.51. The topological polar surface area (TPSA) is 87.7 Å². The lowest BCUT2D eigenvalue weighted by atomic mass is 9.98. The van der Waals surface area contributed by atoms with Crippen molar-refractivity contribution in [3.8, 4) is 5.75 Å². The molecule has 2 N–H and O–H groups in total. The first-order valence-electron chi connectivity index (χ1n) is 8.90. The van der Waals surface area contributed by atoms with Crippen LogP contribution >= 0.6 is 27.5 Å². The van der Waals surface area contributed by atoms with Crippen LogP contribution in [-0.4, -0.2) is 48.0 Å². The Balaban J connectivity index is 1.38. The predicted molar refractivity (Wildman–Crippen MR) is 104 cm³/mol. The molecule has 0 bridgehead atoms. The lowest BCUT2D eigenvalue weighted by molar-refractivity contribution is -0.131. The Morgan fingerprint density at radius 2 is 2.07 bits per heavy atom. The van der Waals surface area contributed by atoms with Gasteiger partial charge in [-0.3, -0.25) is 14.5 Å². The van der Waals surface area contributed by atoms with E-state index in [1.165, 1.54) is 4.90 Å². The van der Waals surface area contributed by atoms with E-state index in [1.54, 1.807) is 18.2 Å². The van der Waals surface area contributed by atoms with Gasteiger partial charge in [-0.05, 0) is 37.5 Å². The molecule has 1 saturated carbocycles. The minimum atomic E-state index is -0.682. The van der Waals surface area contributed by atoms with Crippen LogP contribution in [0.4, 0.5) is 4.79 Å². The number of ether oxygens (including phenoxy) is 1. The molecular weight excluding hydrogens is 438 g/mol. The van der Waals surface area contributed by atoms with Crippen LogP contribution in [-0.2, 0) is 9.59 Å². The minimum absolute atomic E-state index is 0.135. The van der Waals surface area contributed by atoms with Crippen molar-refractivity contribution in [1.82, 2.24) is 15.5 Å². The zero-order chi connectivity index (χ0) is 19.4. The largest absolute Gasteiger partial charge is 0.482 e. The minimum Gasteiger partial charge on any atom is -0.482 e. The van der Waals surface area contributed by atoms with Crippen molar-refractivity contribution in [3.05, 3.63) is 27.7 Å². The highest BCUT2D eigenvalue weighted by Crippen LogP contribution is 2.35. The highest BCUT2D eigenvalue weighted by atomic mass is 79.9. The molecule has 1 spiro atoms. The maximum atomic E-state index is 12.5. The van der Waals surface area contributed by atoms with Crippen LogP contribution in [0.1, 0.15) is 32.1 Å². The fraction of sp³-hybridized carbons (Fsp3) is 0.500. The molecule has 2 aliphatic rings. The standard InChI is InChI=1S/C18H21BrClN3O4/c19-12-4-5-14(13(20)10-12)27-11-15(24)21-8-3-9-23-16(25)18(22-17(23)26)6-1-2-7-18/h4-5,10H,1-3,6-9,11H2,(H,21,24)(H,22,26). The van der Waals surface area contributed by atoms with E-state index < -0.39 is 5.54 Å². The highest BCUT2D eigenvalue weighted by molar-refractivity contribution is 9.10. The van der Waals surface area contributed by atoms with Gasteiger partial charge < -0.3 is 15.4 Å². The van der Waals surface area contributed by atoms with Gasteiger partial charge >= 0.3 is 6.03 Å². The van der Waals surface area contributed by atoms with Gasteiger partial charge in [0, 0.05) is 17.6 Å². The second-order valence-corrected chi connectivity index (χ2v) is 8.07. The molecule has 1 heterocycles. The molecule has 0 radical (unpaired) electrons. The summed E-state index contributed by atoms with van der Waals surface area (Å²) in [5.74, 6) is -0.000739. The number of carbonyl (C=O) groups excluding carboxylic acids is 3. The van der Waals surface area contributed by atoms with E-state index in [9.17, 15) is 14.4 Å². The van der Waals surface area contributed by atoms with Crippen molar-refractivity contribution < 1.29 is 19.1 Å². The van der Waals surface area contributed by atoms with Gasteiger partial charge in [-0.2, -0.15) is 0 Å². The molecule has 27 heavy (non-hydrogen) atoms. The zero-order valence-electron chi connectivity index (χ0n) is 14.7. The third-order valence-electron chi connectivity index (χ3n) is 4.84. The van der Waals surface area contributed by atoms with E-state index >= 15 is 0 Å².